The molecule has 1 aromatic carbocycles. The van der Waals surface area contributed by atoms with Gasteiger partial charge in [0, 0.05) is 30.4 Å². The van der Waals surface area contributed by atoms with Crippen LogP contribution in [0.15, 0.2) is 24.3 Å². The molecule has 0 saturated carbocycles. The van der Waals surface area contributed by atoms with Gasteiger partial charge in [-0.25, -0.2) is 9.07 Å². The van der Waals surface area contributed by atoms with Crippen molar-refractivity contribution in [1.82, 2.24) is 20.0 Å². The SMILES string of the molecule is CNC1CCN(C(=O)c2nn(-c3ccccc3F)c3c2CCC3)CC1.Cl. The van der Waals surface area contributed by atoms with Gasteiger partial charge in [-0.15, -0.1) is 12.4 Å². The molecule has 1 saturated heterocycles. The quantitative estimate of drug-likeness (QED) is 0.893. The molecule has 0 spiro atoms. The first kappa shape index (κ1) is 18.9. The summed E-state index contributed by atoms with van der Waals surface area (Å²) < 4.78 is 15.9. The summed E-state index contributed by atoms with van der Waals surface area (Å²) in [5.41, 5.74) is 2.93. The summed E-state index contributed by atoms with van der Waals surface area (Å²) in [5.74, 6) is -0.323. The number of likely N-dealkylation sites (tertiary alicyclic amines) is 1. The van der Waals surface area contributed by atoms with Crippen LogP contribution in [0, 0.1) is 5.82 Å². The fraction of sp³-hybridized carbons (Fsp3) is 0.474. The lowest BCUT2D eigenvalue weighted by molar-refractivity contribution is 0.0700. The molecule has 1 fully saturated rings. The van der Waals surface area contributed by atoms with Gasteiger partial charge in [-0.2, -0.15) is 5.10 Å². The maximum atomic E-state index is 14.2. The Hall–Kier alpha value is -1.92. The van der Waals surface area contributed by atoms with Gasteiger partial charge < -0.3 is 10.2 Å². The van der Waals surface area contributed by atoms with E-state index in [1.807, 2.05) is 11.9 Å². The van der Waals surface area contributed by atoms with Crippen molar-refractivity contribution in [2.75, 3.05) is 20.1 Å². The Balaban J connectivity index is 0.00000196. The molecule has 26 heavy (non-hydrogen) atoms. The maximum Gasteiger partial charge on any atom is 0.274 e. The second-order valence-electron chi connectivity index (χ2n) is 6.85. The largest absolute Gasteiger partial charge is 0.337 e. The number of benzene rings is 1. The van der Waals surface area contributed by atoms with Crippen molar-refractivity contribution < 1.29 is 9.18 Å². The number of carbonyl (C=O) groups is 1. The van der Waals surface area contributed by atoms with Gasteiger partial charge in [-0.1, -0.05) is 12.1 Å². The van der Waals surface area contributed by atoms with Gasteiger partial charge in [0.15, 0.2) is 5.69 Å². The van der Waals surface area contributed by atoms with Crippen molar-refractivity contribution in [1.29, 1.82) is 0 Å². The van der Waals surface area contributed by atoms with Crippen molar-refractivity contribution in [3.63, 3.8) is 0 Å². The highest BCUT2D eigenvalue weighted by atomic mass is 35.5. The predicted molar refractivity (Wildman–Crippen MR) is 101 cm³/mol. The molecule has 1 N–H and O–H groups in total. The van der Waals surface area contributed by atoms with Gasteiger partial charge in [0.25, 0.3) is 5.91 Å². The predicted octanol–water partition coefficient (Wildman–Crippen LogP) is 2.75. The van der Waals surface area contributed by atoms with E-state index in [1.54, 1.807) is 22.9 Å². The topological polar surface area (TPSA) is 50.2 Å². The van der Waals surface area contributed by atoms with E-state index >= 15 is 0 Å². The zero-order valence-electron chi connectivity index (χ0n) is 14.9. The summed E-state index contributed by atoms with van der Waals surface area (Å²) in [7, 11) is 1.96. The Bertz CT molecular complexity index is 799. The summed E-state index contributed by atoms with van der Waals surface area (Å²) in [6.45, 7) is 1.48. The number of fused-ring (bicyclic) bond motifs is 1. The lowest BCUT2D eigenvalue weighted by atomic mass is 10.0. The van der Waals surface area contributed by atoms with Crippen molar-refractivity contribution in [2.45, 2.75) is 38.1 Å². The third-order valence-corrected chi connectivity index (χ3v) is 5.40. The highest BCUT2D eigenvalue weighted by Gasteiger charge is 2.31. The normalized spacial score (nSPS) is 17.1. The average Bonchev–Trinajstić information content (AvgIpc) is 3.24. The molecular formula is C19H24ClFN4O. The Morgan fingerprint density at radius 1 is 1.23 bits per heavy atom. The maximum absolute atomic E-state index is 14.2. The minimum Gasteiger partial charge on any atom is -0.337 e. The molecule has 0 radical (unpaired) electrons. The molecule has 0 atom stereocenters. The van der Waals surface area contributed by atoms with Crippen LogP contribution in [0.3, 0.4) is 0 Å². The first-order chi connectivity index (χ1) is 12.2. The van der Waals surface area contributed by atoms with E-state index < -0.39 is 0 Å². The lowest BCUT2D eigenvalue weighted by Gasteiger charge is -2.31. The van der Waals surface area contributed by atoms with Crippen molar-refractivity contribution in [3.8, 4) is 5.69 Å². The summed E-state index contributed by atoms with van der Waals surface area (Å²) in [4.78, 5) is 14.9. The lowest BCUT2D eigenvalue weighted by Crippen LogP contribution is -2.44. The number of nitrogens with one attached hydrogen (secondary N) is 1. The average molecular weight is 379 g/mol. The molecule has 2 aliphatic rings. The summed E-state index contributed by atoms with van der Waals surface area (Å²) >= 11 is 0. The molecule has 1 aliphatic heterocycles. The first-order valence-electron chi connectivity index (χ1n) is 9.01. The standard InChI is InChI=1S/C19H23FN4O.ClH/c1-21-13-9-11-23(12-10-13)19(25)18-14-5-4-8-16(14)24(22-18)17-7-3-2-6-15(17)20;/h2-3,6-7,13,21H,4-5,8-12H2,1H3;1H. The second-order valence-corrected chi connectivity index (χ2v) is 6.85. The van der Waals surface area contributed by atoms with E-state index in [2.05, 4.69) is 10.4 Å². The van der Waals surface area contributed by atoms with Gasteiger partial charge in [0.2, 0.25) is 0 Å². The molecule has 0 unspecified atom stereocenters. The number of hydrogen-bond acceptors (Lipinski definition) is 3. The molecule has 2 heterocycles. The monoisotopic (exact) mass is 378 g/mol. The molecular weight excluding hydrogens is 355 g/mol. The molecule has 7 heteroatoms. The Morgan fingerprint density at radius 3 is 2.65 bits per heavy atom. The fourth-order valence-electron chi connectivity index (χ4n) is 3.95. The summed E-state index contributed by atoms with van der Waals surface area (Å²) in [6, 6.07) is 7.09. The third-order valence-electron chi connectivity index (χ3n) is 5.40. The van der Waals surface area contributed by atoms with E-state index in [4.69, 9.17) is 0 Å². The molecule has 2 aromatic rings. The molecule has 1 aliphatic carbocycles. The van der Waals surface area contributed by atoms with Crippen LogP contribution in [0.4, 0.5) is 4.39 Å². The van der Waals surface area contributed by atoms with Crippen molar-refractivity contribution in [3.05, 3.63) is 47.0 Å². The molecule has 1 amide bonds. The summed E-state index contributed by atoms with van der Waals surface area (Å²) in [5, 5.41) is 7.82. The third kappa shape index (κ3) is 3.23. The van der Waals surface area contributed by atoms with E-state index in [-0.39, 0.29) is 24.1 Å². The Morgan fingerprint density at radius 2 is 1.96 bits per heavy atom. The van der Waals surface area contributed by atoms with Gasteiger partial charge in [-0.05, 0) is 51.3 Å². The number of piperidine rings is 1. The zero-order valence-corrected chi connectivity index (χ0v) is 15.7. The Kier molecular flexibility index (Phi) is 5.63. The molecule has 140 valence electrons. The number of aromatic nitrogens is 2. The van der Waals surface area contributed by atoms with Gasteiger partial charge in [0.1, 0.15) is 11.5 Å². The minimum atomic E-state index is -0.312. The van der Waals surface area contributed by atoms with Gasteiger partial charge in [-0.3, -0.25) is 4.79 Å². The van der Waals surface area contributed by atoms with Crippen molar-refractivity contribution >= 4 is 18.3 Å². The number of para-hydroxylation sites is 1. The number of amides is 1. The zero-order chi connectivity index (χ0) is 17.4. The van der Waals surface area contributed by atoms with Crippen LogP contribution >= 0.6 is 12.4 Å². The van der Waals surface area contributed by atoms with E-state index in [0.29, 0.717) is 17.4 Å². The van der Waals surface area contributed by atoms with Crippen LogP contribution in [0.2, 0.25) is 0 Å². The van der Waals surface area contributed by atoms with Crippen LogP contribution in [0.5, 0.6) is 0 Å². The fourth-order valence-corrected chi connectivity index (χ4v) is 3.95. The van der Waals surface area contributed by atoms with E-state index in [0.717, 1.165) is 56.5 Å². The highest BCUT2D eigenvalue weighted by molar-refractivity contribution is 5.94. The van der Waals surface area contributed by atoms with Crippen LogP contribution in [-0.2, 0) is 12.8 Å². The van der Waals surface area contributed by atoms with Gasteiger partial charge >= 0.3 is 0 Å². The molecule has 5 nitrogen and oxygen atoms in total. The van der Waals surface area contributed by atoms with Crippen LogP contribution in [-0.4, -0.2) is 46.8 Å². The summed E-state index contributed by atoms with van der Waals surface area (Å²) in [6.07, 6.45) is 4.59. The Labute approximate surface area is 159 Å². The molecule has 1 aromatic heterocycles. The van der Waals surface area contributed by atoms with Gasteiger partial charge in [0.05, 0.1) is 0 Å². The number of nitrogens with zero attached hydrogens (tertiary/aromatic N) is 3. The minimum absolute atomic E-state index is 0. The van der Waals surface area contributed by atoms with Crippen LogP contribution in [0.25, 0.3) is 5.69 Å². The highest BCUT2D eigenvalue weighted by Crippen LogP contribution is 2.29. The van der Waals surface area contributed by atoms with Crippen LogP contribution < -0.4 is 5.32 Å². The molecule has 4 rings (SSSR count). The first-order valence-corrected chi connectivity index (χ1v) is 9.01. The smallest absolute Gasteiger partial charge is 0.274 e. The van der Waals surface area contributed by atoms with Crippen molar-refractivity contribution in [2.24, 2.45) is 0 Å². The van der Waals surface area contributed by atoms with E-state index in [1.165, 1.54) is 6.07 Å². The number of rotatable bonds is 3. The van der Waals surface area contributed by atoms with E-state index in [9.17, 15) is 9.18 Å². The number of halogens is 2. The molecule has 0 bridgehead atoms. The number of hydrogen-bond donors (Lipinski definition) is 1. The number of carbonyl (C=O) groups excluding carboxylic acids is 1. The van der Waals surface area contributed by atoms with Crippen LogP contribution in [0.1, 0.15) is 41.0 Å². The second kappa shape index (κ2) is 7.76.